The number of aliphatic hydroxyl groups is 1. The minimum atomic E-state index is -0.429. The van der Waals surface area contributed by atoms with Gasteiger partial charge in [0.1, 0.15) is 12.6 Å². The topological polar surface area (TPSA) is 49.8 Å². The lowest BCUT2D eigenvalue weighted by Crippen LogP contribution is -2.41. The number of ether oxygens (including phenoxy) is 1. The van der Waals surface area contributed by atoms with Gasteiger partial charge < -0.3 is 9.84 Å². The molecule has 0 aromatic heterocycles. The molecule has 0 saturated heterocycles. The number of rotatable bonds is 11. The van der Waals surface area contributed by atoms with Crippen molar-refractivity contribution in [2.45, 2.75) is 38.6 Å². The first kappa shape index (κ1) is 21.8. The SMILES string of the molecule is O=C(OCc1ccccc1)[C@@H](CCCO)N(Cc1ccccc1)Cc1ccccc1. The van der Waals surface area contributed by atoms with Crippen molar-refractivity contribution >= 4 is 5.97 Å². The summed E-state index contributed by atoms with van der Waals surface area (Å²) in [5.41, 5.74) is 3.24. The summed E-state index contributed by atoms with van der Waals surface area (Å²) >= 11 is 0. The van der Waals surface area contributed by atoms with Gasteiger partial charge in [0.2, 0.25) is 0 Å². The smallest absolute Gasteiger partial charge is 0.323 e. The summed E-state index contributed by atoms with van der Waals surface area (Å²) in [6.45, 7) is 1.56. The summed E-state index contributed by atoms with van der Waals surface area (Å²) in [5.74, 6) is -0.251. The maximum absolute atomic E-state index is 13.1. The molecule has 0 amide bonds. The molecule has 3 rings (SSSR count). The Morgan fingerprint density at radius 3 is 1.70 bits per heavy atom. The van der Waals surface area contributed by atoms with Crippen molar-refractivity contribution in [2.24, 2.45) is 0 Å². The fraction of sp³-hybridized carbons (Fsp3) is 0.269. The third kappa shape index (κ3) is 6.83. The van der Waals surface area contributed by atoms with E-state index in [0.717, 1.165) is 16.7 Å². The number of hydrogen-bond donors (Lipinski definition) is 1. The second-order valence-electron chi connectivity index (χ2n) is 7.35. The maximum atomic E-state index is 13.1. The Balaban J connectivity index is 1.78. The molecule has 1 N–H and O–H groups in total. The largest absolute Gasteiger partial charge is 0.460 e. The minimum Gasteiger partial charge on any atom is -0.460 e. The second-order valence-corrected chi connectivity index (χ2v) is 7.35. The predicted octanol–water partition coefficient (Wildman–Crippen LogP) is 4.57. The Hall–Kier alpha value is -2.95. The molecule has 156 valence electrons. The van der Waals surface area contributed by atoms with Gasteiger partial charge in [0.05, 0.1) is 0 Å². The first-order valence-electron chi connectivity index (χ1n) is 10.4. The van der Waals surface area contributed by atoms with Crippen molar-refractivity contribution in [2.75, 3.05) is 6.61 Å². The van der Waals surface area contributed by atoms with Crippen molar-refractivity contribution in [1.29, 1.82) is 0 Å². The van der Waals surface area contributed by atoms with E-state index >= 15 is 0 Å². The molecule has 3 aromatic rings. The summed E-state index contributed by atoms with van der Waals surface area (Å²) in [7, 11) is 0. The monoisotopic (exact) mass is 403 g/mol. The minimum absolute atomic E-state index is 0.0486. The van der Waals surface area contributed by atoms with Crippen LogP contribution in [-0.2, 0) is 29.2 Å². The molecule has 30 heavy (non-hydrogen) atoms. The van der Waals surface area contributed by atoms with Crippen LogP contribution in [0.2, 0.25) is 0 Å². The lowest BCUT2D eigenvalue weighted by atomic mass is 10.1. The van der Waals surface area contributed by atoms with Gasteiger partial charge in [-0.3, -0.25) is 9.69 Å². The number of carbonyl (C=O) groups is 1. The highest BCUT2D eigenvalue weighted by atomic mass is 16.5. The number of benzene rings is 3. The van der Waals surface area contributed by atoms with E-state index in [1.54, 1.807) is 0 Å². The Labute approximate surface area is 178 Å². The van der Waals surface area contributed by atoms with E-state index in [1.165, 1.54) is 0 Å². The number of hydrogen-bond acceptors (Lipinski definition) is 4. The Morgan fingerprint density at radius 2 is 1.23 bits per heavy atom. The molecule has 0 aliphatic rings. The molecule has 1 atom stereocenters. The zero-order valence-corrected chi connectivity index (χ0v) is 17.2. The van der Waals surface area contributed by atoms with E-state index in [4.69, 9.17) is 4.74 Å². The summed E-state index contributed by atoms with van der Waals surface area (Å²) < 4.78 is 5.68. The molecule has 4 heteroatoms. The molecule has 0 unspecified atom stereocenters. The van der Waals surface area contributed by atoms with Crippen LogP contribution in [0.15, 0.2) is 91.0 Å². The predicted molar refractivity (Wildman–Crippen MR) is 118 cm³/mol. The van der Waals surface area contributed by atoms with Crippen LogP contribution in [0.3, 0.4) is 0 Å². The fourth-order valence-electron chi connectivity index (χ4n) is 3.47. The van der Waals surface area contributed by atoms with Gasteiger partial charge in [0, 0.05) is 19.7 Å². The molecule has 0 spiro atoms. The lowest BCUT2D eigenvalue weighted by Gasteiger charge is -2.30. The molecule has 0 bridgehead atoms. The quantitative estimate of drug-likeness (QED) is 0.477. The molecular weight excluding hydrogens is 374 g/mol. The van der Waals surface area contributed by atoms with Gasteiger partial charge in [-0.15, -0.1) is 0 Å². The van der Waals surface area contributed by atoms with E-state index in [2.05, 4.69) is 29.2 Å². The van der Waals surface area contributed by atoms with Crippen LogP contribution in [-0.4, -0.2) is 28.6 Å². The summed E-state index contributed by atoms with van der Waals surface area (Å²) in [6, 6.07) is 29.5. The number of aliphatic hydroxyl groups excluding tert-OH is 1. The van der Waals surface area contributed by atoms with Crippen LogP contribution in [0.25, 0.3) is 0 Å². The van der Waals surface area contributed by atoms with Crippen molar-refractivity contribution in [1.82, 2.24) is 4.90 Å². The Bertz CT molecular complexity index is 827. The van der Waals surface area contributed by atoms with E-state index in [0.29, 0.717) is 25.9 Å². The molecule has 0 heterocycles. The Kier molecular flexibility index (Phi) is 8.63. The van der Waals surface area contributed by atoms with Gasteiger partial charge in [-0.25, -0.2) is 0 Å². The van der Waals surface area contributed by atoms with Crippen LogP contribution in [0.4, 0.5) is 0 Å². The summed E-state index contributed by atoms with van der Waals surface area (Å²) in [5, 5.41) is 9.40. The van der Waals surface area contributed by atoms with E-state index in [-0.39, 0.29) is 19.2 Å². The normalized spacial score (nSPS) is 11.9. The van der Waals surface area contributed by atoms with Gasteiger partial charge in [0.15, 0.2) is 0 Å². The van der Waals surface area contributed by atoms with Crippen molar-refractivity contribution in [3.05, 3.63) is 108 Å². The van der Waals surface area contributed by atoms with E-state index < -0.39 is 6.04 Å². The van der Waals surface area contributed by atoms with Crippen molar-refractivity contribution < 1.29 is 14.6 Å². The van der Waals surface area contributed by atoms with Gasteiger partial charge in [-0.05, 0) is 29.5 Å². The standard InChI is InChI=1S/C26H29NO3/c28-18-10-17-25(26(29)30-21-24-15-8-3-9-16-24)27(19-22-11-4-1-5-12-22)20-23-13-6-2-7-14-23/h1-9,11-16,25,28H,10,17-21H2/t25-/m1/s1. The first-order chi connectivity index (χ1) is 14.8. The molecule has 3 aromatic carbocycles. The third-order valence-corrected chi connectivity index (χ3v) is 5.03. The highest BCUT2D eigenvalue weighted by Gasteiger charge is 2.27. The zero-order chi connectivity index (χ0) is 21.0. The molecular formula is C26H29NO3. The maximum Gasteiger partial charge on any atom is 0.323 e. The number of nitrogens with zero attached hydrogens (tertiary/aromatic N) is 1. The first-order valence-corrected chi connectivity index (χ1v) is 10.4. The van der Waals surface area contributed by atoms with Crippen molar-refractivity contribution in [3.63, 3.8) is 0 Å². The van der Waals surface area contributed by atoms with Gasteiger partial charge in [-0.2, -0.15) is 0 Å². The van der Waals surface area contributed by atoms with Gasteiger partial charge in [0.25, 0.3) is 0 Å². The molecule has 0 aliphatic carbocycles. The van der Waals surface area contributed by atoms with Crippen LogP contribution in [0.5, 0.6) is 0 Å². The highest BCUT2D eigenvalue weighted by molar-refractivity contribution is 5.75. The summed E-state index contributed by atoms with van der Waals surface area (Å²) in [6.07, 6.45) is 1.09. The molecule has 0 aliphatic heterocycles. The highest BCUT2D eigenvalue weighted by Crippen LogP contribution is 2.18. The summed E-state index contributed by atoms with van der Waals surface area (Å²) in [4.78, 5) is 15.2. The molecule has 0 radical (unpaired) electrons. The average Bonchev–Trinajstić information content (AvgIpc) is 2.80. The van der Waals surface area contributed by atoms with Crippen LogP contribution < -0.4 is 0 Å². The number of carbonyl (C=O) groups excluding carboxylic acids is 1. The van der Waals surface area contributed by atoms with Gasteiger partial charge in [-0.1, -0.05) is 91.0 Å². The second kappa shape index (κ2) is 11.9. The molecule has 0 saturated carbocycles. The third-order valence-electron chi connectivity index (χ3n) is 5.03. The number of esters is 1. The van der Waals surface area contributed by atoms with Crippen LogP contribution >= 0.6 is 0 Å². The van der Waals surface area contributed by atoms with Gasteiger partial charge >= 0.3 is 5.97 Å². The molecule has 0 fully saturated rings. The fourth-order valence-corrected chi connectivity index (χ4v) is 3.47. The van der Waals surface area contributed by atoms with E-state index in [9.17, 15) is 9.90 Å². The van der Waals surface area contributed by atoms with Crippen LogP contribution in [0, 0.1) is 0 Å². The Morgan fingerprint density at radius 1 is 0.767 bits per heavy atom. The van der Waals surface area contributed by atoms with Crippen LogP contribution in [0.1, 0.15) is 29.5 Å². The van der Waals surface area contributed by atoms with Crippen molar-refractivity contribution in [3.8, 4) is 0 Å². The lowest BCUT2D eigenvalue weighted by molar-refractivity contribution is -0.152. The average molecular weight is 404 g/mol. The van der Waals surface area contributed by atoms with E-state index in [1.807, 2.05) is 66.7 Å². The zero-order valence-electron chi connectivity index (χ0n) is 17.2. The molecule has 4 nitrogen and oxygen atoms in total.